The van der Waals surface area contributed by atoms with E-state index in [1.54, 1.807) is 11.3 Å². The average Bonchev–Trinajstić information content (AvgIpc) is 3.28. The molecule has 1 N–H and O–H groups in total. The van der Waals surface area contributed by atoms with Crippen molar-refractivity contribution in [3.8, 4) is 0 Å². The van der Waals surface area contributed by atoms with Gasteiger partial charge in [-0.2, -0.15) is 0 Å². The molecule has 3 amide bonds. The molecule has 1 atom stereocenters. The molecule has 2 aliphatic rings. The lowest BCUT2D eigenvalue weighted by Gasteiger charge is -2.33. The third kappa shape index (κ3) is 4.59. The molecule has 1 aromatic carbocycles. The van der Waals surface area contributed by atoms with Gasteiger partial charge >= 0.3 is 6.03 Å². The third-order valence-corrected chi connectivity index (χ3v) is 6.48. The van der Waals surface area contributed by atoms with Crippen molar-refractivity contribution < 1.29 is 9.59 Å². The summed E-state index contributed by atoms with van der Waals surface area (Å²) in [5.74, 6) is 0.187. The van der Waals surface area contributed by atoms with Crippen LogP contribution in [0.15, 0.2) is 41.9 Å². The van der Waals surface area contributed by atoms with E-state index >= 15 is 0 Å². The summed E-state index contributed by atoms with van der Waals surface area (Å²) in [7, 11) is 0. The predicted molar refractivity (Wildman–Crippen MR) is 114 cm³/mol. The minimum atomic E-state index is -0.241. The highest BCUT2D eigenvalue weighted by atomic mass is 32.1. The molecule has 0 saturated carbocycles. The lowest BCUT2D eigenvalue weighted by Crippen LogP contribution is -2.45. The highest BCUT2D eigenvalue weighted by Gasteiger charge is 2.46. The number of amides is 3. The molecule has 2 aromatic rings. The summed E-state index contributed by atoms with van der Waals surface area (Å²) in [5, 5.41) is 6.06. The fraction of sp³-hybridized carbons (Fsp3) is 0.476. The maximum Gasteiger partial charge on any atom is 0.321 e. The minimum Gasteiger partial charge on any atom is -0.342 e. The van der Waals surface area contributed by atoms with Gasteiger partial charge in [0.05, 0.1) is 6.54 Å². The van der Waals surface area contributed by atoms with Gasteiger partial charge in [-0.15, -0.1) is 11.3 Å². The Bertz CT molecular complexity index is 844. The van der Waals surface area contributed by atoms with Gasteiger partial charge in [0.1, 0.15) is 5.01 Å². The summed E-state index contributed by atoms with van der Waals surface area (Å²) in [6, 6.07) is 9.41. The molecule has 0 aliphatic carbocycles. The van der Waals surface area contributed by atoms with Crippen LogP contribution in [0.5, 0.6) is 0 Å². The molecule has 2 aliphatic heterocycles. The average molecular weight is 414 g/mol. The van der Waals surface area contributed by atoms with E-state index in [-0.39, 0.29) is 17.4 Å². The first-order valence-electron chi connectivity index (χ1n) is 10.1. The number of carbonyl (C=O) groups excluding carboxylic acids is 2. The van der Waals surface area contributed by atoms with Crippen molar-refractivity contribution in [2.45, 2.75) is 19.9 Å². The van der Waals surface area contributed by atoms with Gasteiger partial charge in [-0.3, -0.25) is 9.69 Å². The van der Waals surface area contributed by atoms with Crippen molar-refractivity contribution in [1.82, 2.24) is 19.7 Å². The number of thiazole rings is 1. The van der Waals surface area contributed by atoms with Crippen molar-refractivity contribution in [2.75, 3.05) is 44.6 Å². The van der Waals surface area contributed by atoms with E-state index in [2.05, 4.69) is 15.2 Å². The van der Waals surface area contributed by atoms with Crippen molar-refractivity contribution in [3.63, 3.8) is 0 Å². The van der Waals surface area contributed by atoms with Crippen LogP contribution in [0.3, 0.4) is 0 Å². The van der Waals surface area contributed by atoms with E-state index in [1.165, 1.54) is 0 Å². The third-order valence-electron chi connectivity index (χ3n) is 5.71. The van der Waals surface area contributed by atoms with E-state index in [1.807, 2.05) is 58.6 Å². The van der Waals surface area contributed by atoms with Crippen LogP contribution in [0.4, 0.5) is 10.5 Å². The van der Waals surface area contributed by atoms with Crippen LogP contribution in [-0.4, -0.2) is 70.9 Å². The van der Waals surface area contributed by atoms with Gasteiger partial charge in [0.2, 0.25) is 5.91 Å². The quantitative estimate of drug-likeness (QED) is 0.837. The summed E-state index contributed by atoms with van der Waals surface area (Å²) in [4.78, 5) is 36.1. The van der Waals surface area contributed by atoms with Gasteiger partial charge in [-0.05, 0) is 19.1 Å². The molecule has 29 heavy (non-hydrogen) atoms. The fourth-order valence-electron chi connectivity index (χ4n) is 4.39. The van der Waals surface area contributed by atoms with Crippen molar-refractivity contribution in [2.24, 2.45) is 5.41 Å². The fourth-order valence-corrected chi connectivity index (χ4v) is 5.04. The van der Waals surface area contributed by atoms with E-state index < -0.39 is 0 Å². The molecule has 0 unspecified atom stereocenters. The number of para-hydroxylation sites is 1. The molecule has 4 rings (SSSR count). The maximum absolute atomic E-state index is 13.0. The van der Waals surface area contributed by atoms with E-state index in [4.69, 9.17) is 0 Å². The standard InChI is InChI=1S/C21H27N5O2S/c1-2-25-15-21(12-19(25)27)14-24(13-18-22-8-11-29-18)9-10-26(16-21)20(28)23-17-6-4-3-5-7-17/h3-8,11H,2,9-10,12-16H2,1H3,(H,23,28)/t21-/m0/s1. The van der Waals surface area contributed by atoms with Gasteiger partial charge in [0, 0.05) is 68.4 Å². The highest BCUT2D eigenvalue weighted by molar-refractivity contribution is 7.09. The number of carbonyl (C=O) groups is 2. The second-order valence-electron chi connectivity index (χ2n) is 7.94. The lowest BCUT2D eigenvalue weighted by atomic mass is 9.86. The van der Waals surface area contributed by atoms with E-state index in [0.29, 0.717) is 32.6 Å². The SMILES string of the molecule is CCN1C[C@]2(CC1=O)CN(Cc1nccs1)CCN(C(=O)Nc1ccccc1)C2. The Labute approximate surface area is 175 Å². The van der Waals surface area contributed by atoms with Gasteiger partial charge < -0.3 is 15.1 Å². The summed E-state index contributed by atoms with van der Waals surface area (Å²) in [6.45, 7) is 6.96. The lowest BCUT2D eigenvalue weighted by molar-refractivity contribution is -0.127. The molecule has 8 heteroatoms. The number of nitrogens with one attached hydrogen (secondary N) is 1. The molecule has 1 aromatic heterocycles. The van der Waals surface area contributed by atoms with Crippen LogP contribution in [-0.2, 0) is 11.3 Å². The molecule has 0 bridgehead atoms. The molecular formula is C21H27N5O2S. The van der Waals surface area contributed by atoms with Crippen LogP contribution in [0.2, 0.25) is 0 Å². The van der Waals surface area contributed by atoms with Crippen molar-refractivity contribution in [1.29, 1.82) is 0 Å². The number of likely N-dealkylation sites (tertiary alicyclic amines) is 1. The summed E-state index contributed by atoms with van der Waals surface area (Å²) in [6.07, 6.45) is 2.31. The van der Waals surface area contributed by atoms with Gasteiger partial charge in [0.25, 0.3) is 0 Å². The number of hydrogen-bond donors (Lipinski definition) is 1. The zero-order chi connectivity index (χ0) is 20.3. The summed E-state index contributed by atoms with van der Waals surface area (Å²) in [5.41, 5.74) is 0.544. The smallest absolute Gasteiger partial charge is 0.321 e. The summed E-state index contributed by atoms with van der Waals surface area (Å²) < 4.78 is 0. The summed E-state index contributed by atoms with van der Waals surface area (Å²) >= 11 is 1.65. The molecule has 2 saturated heterocycles. The van der Waals surface area contributed by atoms with Crippen LogP contribution in [0.1, 0.15) is 18.4 Å². The molecule has 154 valence electrons. The molecule has 7 nitrogen and oxygen atoms in total. The Morgan fingerprint density at radius 1 is 1.21 bits per heavy atom. The van der Waals surface area contributed by atoms with Crippen molar-refractivity contribution >= 4 is 29.0 Å². The Hall–Kier alpha value is -2.45. The van der Waals surface area contributed by atoms with Crippen LogP contribution < -0.4 is 5.32 Å². The van der Waals surface area contributed by atoms with E-state index in [9.17, 15) is 9.59 Å². The zero-order valence-electron chi connectivity index (χ0n) is 16.7. The van der Waals surface area contributed by atoms with Crippen LogP contribution in [0.25, 0.3) is 0 Å². The Balaban J connectivity index is 1.53. The number of aromatic nitrogens is 1. The molecule has 2 fully saturated rings. The van der Waals surface area contributed by atoms with Crippen molar-refractivity contribution in [3.05, 3.63) is 46.9 Å². The largest absolute Gasteiger partial charge is 0.342 e. The molecule has 1 spiro atoms. The van der Waals surface area contributed by atoms with Gasteiger partial charge in [-0.25, -0.2) is 9.78 Å². The Morgan fingerprint density at radius 3 is 2.72 bits per heavy atom. The van der Waals surface area contributed by atoms with Crippen LogP contribution in [0, 0.1) is 5.41 Å². The maximum atomic E-state index is 13.0. The number of anilines is 1. The topological polar surface area (TPSA) is 68.8 Å². The highest BCUT2D eigenvalue weighted by Crippen LogP contribution is 2.35. The van der Waals surface area contributed by atoms with E-state index in [0.717, 1.165) is 30.3 Å². The minimum absolute atomic E-state index is 0.103. The first kappa shape index (κ1) is 19.8. The number of benzene rings is 1. The Morgan fingerprint density at radius 2 is 2.03 bits per heavy atom. The molecule has 3 heterocycles. The zero-order valence-corrected chi connectivity index (χ0v) is 17.5. The first-order chi connectivity index (χ1) is 14.1. The monoisotopic (exact) mass is 413 g/mol. The number of rotatable bonds is 4. The van der Waals surface area contributed by atoms with Gasteiger partial charge in [-0.1, -0.05) is 18.2 Å². The Kier molecular flexibility index (Phi) is 5.82. The normalized spacial score (nSPS) is 22.9. The van der Waals surface area contributed by atoms with Gasteiger partial charge in [0.15, 0.2) is 0 Å². The number of urea groups is 1. The number of hydrogen-bond acceptors (Lipinski definition) is 5. The molecular weight excluding hydrogens is 386 g/mol. The number of nitrogens with zero attached hydrogens (tertiary/aromatic N) is 4. The second-order valence-corrected chi connectivity index (χ2v) is 8.92. The second kappa shape index (κ2) is 8.51. The first-order valence-corrected chi connectivity index (χ1v) is 10.9. The predicted octanol–water partition coefficient (Wildman–Crippen LogP) is 2.73. The van der Waals surface area contributed by atoms with Crippen LogP contribution >= 0.6 is 11.3 Å². The molecule has 0 radical (unpaired) electrons.